The van der Waals surface area contributed by atoms with Gasteiger partial charge in [-0.15, -0.1) is 0 Å². The van der Waals surface area contributed by atoms with E-state index in [0.29, 0.717) is 10.7 Å². The summed E-state index contributed by atoms with van der Waals surface area (Å²) in [5, 5.41) is 11.9. The fourth-order valence-electron chi connectivity index (χ4n) is 1.83. The lowest BCUT2D eigenvalue weighted by atomic mass is 10.1. The first kappa shape index (κ1) is 15.7. The average molecular weight is 344 g/mol. The Balaban J connectivity index is 2.79. The van der Waals surface area contributed by atoms with Crippen LogP contribution in [0.2, 0.25) is 10.0 Å². The number of alkyl halides is 3. The molecule has 1 aromatic heterocycles. The summed E-state index contributed by atoms with van der Waals surface area (Å²) >= 11 is 11.2. The second-order valence-corrected chi connectivity index (χ2v) is 4.90. The number of nitrogens with two attached hydrogens (primary N) is 1. The number of phenols is 1. The van der Waals surface area contributed by atoms with Gasteiger partial charge in [0.2, 0.25) is 0 Å². The van der Waals surface area contributed by atoms with Crippen molar-refractivity contribution in [2.75, 3.05) is 5.73 Å². The maximum absolute atomic E-state index is 13.9. The molecule has 0 aliphatic rings. The van der Waals surface area contributed by atoms with Crippen molar-refractivity contribution in [3.8, 4) is 17.0 Å². The summed E-state index contributed by atoms with van der Waals surface area (Å²) in [6, 6.07) is 0.709. The van der Waals surface area contributed by atoms with Crippen molar-refractivity contribution in [2.24, 2.45) is 7.05 Å². The van der Waals surface area contributed by atoms with E-state index in [1.165, 1.54) is 0 Å². The lowest BCUT2D eigenvalue weighted by molar-refractivity contribution is -0.143. The molecular formula is C11H7Cl2F4N3O. The monoisotopic (exact) mass is 343 g/mol. The zero-order valence-corrected chi connectivity index (χ0v) is 11.8. The summed E-state index contributed by atoms with van der Waals surface area (Å²) in [5.41, 5.74) is 2.60. The van der Waals surface area contributed by atoms with Gasteiger partial charge in [-0.05, 0) is 6.07 Å². The molecule has 0 radical (unpaired) electrons. The van der Waals surface area contributed by atoms with E-state index >= 15 is 0 Å². The number of nitrogens with zero attached hydrogens (tertiary/aromatic N) is 2. The average Bonchev–Trinajstić information content (AvgIpc) is 2.61. The molecule has 21 heavy (non-hydrogen) atoms. The Morgan fingerprint density at radius 2 is 1.90 bits per heavy atom. The van der Waals surface area contributed by atoms with Crippen molar-refractivity contribution in [2.45, 2.75) is 6.18 Å². The third kappa shape index (κ3) is 2.49. The van der Waals surface area contributed by atoms with Gasteiger partial charge < -0.3 is 10.8 Å². The molecule has 0 bridgehead atoms. The Bertz CT molecular complexity index is 727. The molecule has 0 saturated carbocycles. The third-order valence-electron chi connectivity index (χ3n) is 2.74. The van der Waals surface area contributed by atoms with Gasteiger partial charge in [0.25, 0.3) is 0 Å². The first-order valence-electron chi connectivity index (χ1n) is 5.32. The van der Waals surface area contributed by atoms with Gasteiger partial charge in [0.15, 0.2) is 11.4 Å². The van der Waals surface area contributed by atoms with Crippen LogP contribution in [0, 0.1) is 5.82 Å². The lowest BCUT2D eigenvalue weighted by Gasteiger charge is -2.09. The van der Waals surface area contributed by atoms with Crippen LogP contribution in [-0.4, -0.2) is 14.9 Å². The first-order chi connectivity index (χ1) is 9.55. The van der Waals surface area contributed by atoms with E-state index in [9.17, 15) is 22.7 Å². The zero-order chi connectivity index (χ0) is 16.1. The number of nitrogen functional groups attached to an aromatic ring is 1. The molecule has 0 saturated heterocycles. The van der Waals surface area contributed by atoms with Crippen molar-refractivity contribution in [3.63, 3.8) is 0 Å². The molecular weight excluding hydrogens is 337 g/mol. The summed E-state index contributed by atoms with van der Waals surface area (Å²) in [4.78, 5) is 0. The summed E-state index contributed by atoms with van der Waals surface area (Å²) < 4.78 is 52.9. The summed E-state index contributed by atoms with van der Waals surface area (Å²) in [6.45, 7) is 0. The zero-order valence-electron chi connectivity index (χ0n) is 10.3. The Morgan fingerprint density at radius 3 is 2.38 bits per heavy atom. The van der Waals surface area contributed by atoms with Gasteiger partial charge >= 0.3 is 6.18 Å². The van der Waals surface area contributed by atoms with Crippen LogP contribution in [0.4, 0.5) is 23.2 Å². The van der Waals surface area contributed by atoms with E-state index in [1.807, 2.05) is 0 Å². The molecule has 2 aromatic rings. The molecule has 0 amide bonds. The van der Waals surface area contributed by atoms with Gasteiger partial charge in [0.1, 0.15) is 11.5 Å². The SMILES string of the molecule is Cn1nc(-c2c(F)cc(Cl)c(O)c2N)c(Cl)c1C(F)(F)F. The molecule has 1 aromatic carbocycles. The minimum atomic E-state index is -4.78. The molecule has 114 valence electrons. The highest BCUT2D eigenvalue weighted by Gasteiger charge is 2.39. The normalized spacial score (nSPS) is 12.0. The van der Waals surface area contributed by atoms with Gasteiger partial charge in [-0.25, -0.2) is 4.39 Å². The molecule has 4 nitrogen and oxygen atoms in total. The quantitative estimate of drug-likeness (QED) is 0.469. The number of aromatic hydroxyl groups is 1. The van der Waals surface area contributed by atoms with Crippen LogP contribution < -0.4 is 5.73 Å². The molecule has 2 rings (SSSR count). The number of phenolic OH excluding ortho intramolecular Hbond substituents is 1. The Hall–Kier alpha value is -1.67. The van der Waals surface area contributed by atoms with Gasteiger partial charge in [-0.1, -0.05) is 23.2 Å². The lowest BCUT2D eigenvalue weighted by Crippen LogP contribution is -2.12. The number of rotatable bonds is 1. The van der Waals surface area contributed by atoms with Crippen molar-refractivity contribution in [1.82, 2.24) is 9.78 Å². The van der Waals surface area contributed by atoms with Crippen LogP contribution in [0.1, 0.15) is 5.69 Å². The second-order valence-electron chi connectivity index (χ2n) is 4.11. The molecule has 0 fully saturated rings. The van der Waals surface area contributed by atoms with E-state index in [2.05, 4.69) is 5.10 Å². The smallest absolute Gasteiger partial charge is 0.434 e. The van der Waals surface area contributed by atoms with Crippen LogP contribution in [0.3, 0.4) is 0 Å². The van der Waals surface area contributed by atoms with Crippen LogP contribution in [0.15, 0.2) is 6.07 Å². The molecule has 0 spiro atoms. The number of aromatic nitrogens is 2. The largest absolute Gasteiger partial charge is 0.504 e. The Morgan fingerprint density at radius 1 is 1.33 bits per heavy atom. The Labute approximate surface area is 125 Å². The predicted octanol–water partition coefficient (Wildman–Crippen LogP) is 3.84. The molecule has 0 aliphatic heterocycles. The van der Waals surface area contributed by atoms with E-state index < -0.39 is 45.4 Å². The van der Waals surface area contributed by atoms with Crippen molar-refractivity contribution < 1.29 is 22.7 Å². The highest BCUT2D eigenvalue weighted by atomic mass is 35.5. The molecule has 0 aliphatic carbocycles. The predicted molar refractivity (Wildman–Crippen MR) is 69.7 cm³/mol. The van der Waals surface area contributed by atoms with Crippen LogP contribution in [0.25, 0.3) is 11.3 Å². The minimum Gasteiger partial charge on any atom is -0.504 e. The van der Waals surface area contributed by atoms with Gasteiger partial charge in [-0.2, -0.15) is 18.3 Å². The van der Waals surface area contributed by atoms with Crippen LogP contribution >= 0.6 is 23.2 Å². The number of anilines is 1. The summed E-state index contributed by atoms with van der Waals surface area (Å²) in [6.07, 6.45) is -4.78. The maximum atomic E-state index is 13.9. The number of benzene rings is 1. The fourth-order valence-corrected chi connectivity index (χ4v) is 2.39. The summed E-state index contributed by atoms with van der Waals surface area (Å²) in [7, 11) is 1.00. The highest BCUT2D eigenvalue weighted by Crippen LogP contribution is 2.45. The van der Waals surface area contributed by atoms with E-state index in [-0.39, 0.29) is 5.02 Å². The number of hydrogen-bond acceptors (Lipinski definition) is 3. The first-order valence-corrected chi connectivity index (χ1v) is 6.07. The van der Waals surface area contributed by atoms with Crippen molar-refractivity contribution in [1.29, 1.82) is 0 Å². The highest BCUT2D eigenvalue weighted by molar-refractivity contribution is 6.34. The van der Waals surface area contributed by atoms with Gasteiger partial charge in [0, 0.05) is 7.05 Å². The minimum absolute atomic E-state index is 0.378. The van der Waals surface area contributed by atoms with Crippen molar-refractivity contribution >= 4 is 28.9 Å². The number of aryl methyl sites for hydroxylation is 1. The van der Waals surface area contributed by atoms with Crippen molar-refractivity contribution in [3.05, 3.63) is 27.6 Å². The molecule has 3 N–H and O–H groups in total. The van der Waals surface area contributed by atoms with Gasteiger partial charge in [0.05, 0.1) is 21.3 Å². The standard InChI is InChI=1S/C11H7Cl2F4N3O/c1-20-10(11(15,16)17)6(13)8(19-20)5-4(14)2-3(12)9(21)7(5)18/h2,21H,18H2,1H3. The molecule has 0 atom stereocenters. The third-order valence-corrected chi connectivity index (χ3v) is 3.38. The molecule has 10 heteroatoms. The van der Waals surface area contributed by atoms with Gasteiger partial charge in [-0.3, -0.25) is 4.68 Å². The fraction of sp³-hybridized carbons (Fsp3) is 0.182. The van der Waals surface area contributed by atoms with E-state index in [0.717, 1.165) is 7.05 Å². The Kier molecular flexibility index (Phi) is 3.71. The maximum Gasteiger partial charge on any atom is 0.434 e. The summed E-state index contributed by atoms with van der Waals surface area (Å²) in [5.74, 6) is -1.72. The topological polar surface area (TPSA) is 64.1 Å². The van der Waals surface area contributed by atoms with E-state index in [4.69, 9.17) is 28.9 Å². The number of hydrogen-bond donors (Lipinski definition) is 2. The van der Waals surface area contributed by atoms with Crippen LogP contribution in [0.5, 0.6) is 5.75 Å². The molecule has 1 heterocycles. The number of halogens is 6. The van der Waals surface area contributed by atoms with E-state index in [1.54, 1.807) is 0 Å². The second kappa shape index (κ2) is 4.96. The molecule has 0 unspecified atom stereocenters. The van der Waals surface area contributed by atoms with Crippen LogP contribution in [-0.2, 0) is 13.2 Å².